The molecule has 1 N–H and O–H groups in total. The van der Waals surface area contributed by atoms with E-state index in [0.717, 1.165) is 10.2 Å². The van der Waals surface area contributed by atoms with Crippen LogP contribution in [-0.2, 0) is 10.2 Å². The number of carbonyl (C=O) groups is 1. The average molecular weight is 298 g/mol. The first-order valence-corrected chi connectivity index (χ1v) is 6.62. The van der Waals surface area contributed by atoms with Crippen LogP contribution in [0.3, 0.4) is 0 Å². The summed E-state index contributed by atoms with van der Waals surface area (Å²) in [7, 11) is 0. The van der Waals surface area contributed by atoms with Crippen LogP contribution in [0.4, 0.5) is 5.69 Å². The van der Waals surface area contributed by atoms with Gasteiger partial charge in [0.25, 0.3) is 0 Å². The van der Waals surface area contributed by atoms with Gasteiger partial charge in [-0.15, -0.1) is 0 Å². The smallest absolute Gasteiger partial charge is 0.226 e. The Morgan fingerprint density at radius 1 is 1.29 bits per heavy atom. The Labute approximate surface area is 112 Å². The van der Waals surface area contributed by atoms with Crippen molar-refractivity contribution in [2.24, 2.45) is 5.92 Å². The lowest BCUT2D eigenvalue weighted by Crippen LogP contribution is -2.18. The summed E-state index contributed by atoms with van der Waals surface area (Å²) >= 11 is 3.50. The standard InChI is InChI=1S/C14H20BrNO/c1-9(2)13(17)16-12-7-6-10(8-11(12)15)14(3,4)5/h6-9H,1-5H3,(H,16,17). The topological polar surface area (TPSA) is 29.1 Å². The Morgan fingerprint density at radius 3 is 2.29 bits per heavy atom. The molecule has 0 saturated heterocycles. The monoisotopic (exact) mass is 297 g/mol. The predicted molar refractivity (Wildman–Crippen MR) is 76.3 cm³/mol. The molecule has 0 atom stereocenters. The van der Waals surface area contributed by atoms with Gasteiger partial charge in [-0.1, -0.05) is 40.7 Å². The molecular formula is C14H20BrNO. The molecule has 1 aromatic carbocycles. The molecule has 0 aliphatic carbocycles. The third-order valence-electron chi connectivity index (χ3n) is 2.62. The molecule has 3 heteroatoms. The minimum absolute atomic E-state index is 0.0100. The molecule has 17 heavy (non-hydrogen) atoms. The van der Waals surface area contributed by atoms with Crippen molar-refractivity contribution in [3.05, 3.63) is 28.2 Å². The minimum atomic E-state index is -0.0100. The zero-order chi connectivity index (χ0) is 13.2. The summed E-state index contributed by atoms with van der Waals surface area (Å²) < 4.78 is 0.930. The molecule has 1 rings (SSSR count). The highest BCUT2D eigenvalue weighted by molar-refractivity contribution is 9.10. The lowest BCUT2D eigenvalue weighted by atomic mass is 9.87. The van der Waals surface area contributed by atoms with Crippen LogP contribution < -0.4 is 5.32 Å². The maximum absolute atomic E-state index is 11.6. The summed E-state index contributed by atoms with van der Waals surface area (Å²) in [6.07, 6.45) is 0. The van der Waals surface area contributed by atoms with Gasteiger partial charge in [0.2, 0.25) is 5.91 Å². The van der Waals surface area contributed by atoms with Crippen LogP contribution >= 0.6 is 15.9 Å². The quantitative estimate of drug-likeness (QED) is 0.864. The fraction of sp³-hybridized carbons (Fsp3) is 0.500. The molecule has 0 spiro atoms. The predicted octanol–water partition coefficient (Wildman–Crippen LogP) is 4.34. The maximum atomic E-state index is 11.6. The van der Waals surface area contributed by atoms with Gasteiger partial charge in [-0.25, -0.2) is 0 Å². The van der Waals surface area contributed by atoms with E-state index in [9.17, 15) is 4.79 Å². The van der Waals surface area contributed by atoms with E-state index in [2.05, 4.69) is 54.2 Å². The first-order valence-electron chi connectivity index (χ1n) is 5.82. The summed E-state index contributed by atoms with van der Waals surface area (Å²) in [5.74, 6) is 0.0263. The SMILES string of the molecule is CC(C)C(=O)Nc1ccc(C(C)(C)C)cc1Br. The third kappa shape index (κ3) is 3.84. The van der Waals surface area contributed by atoms with Gasteiger partial charge in [0, 0.05) is 10.4 Å². The average Bonchev–Trinajstić information content (AvgIpc) is 2.19. The molecule has 94 valence electrons. The number of hydrogen-bond acceptors (Lipinski definition) is 1. The van der Waals surface area contributed by atoms with E-state index in [1.165, 1.54) is 5.56 Å². The van der Waals surface area contributed by atoms with Gasteiger partial charge < -0.3 is 5.32 Å². The van der Waals surface area contributed by atoms with E-state index >= 15 is 0 Å². The highest BCUT2D eigenvalue weighted by Crippen LogP contribution is 2.30. The summed E-state index contributed by atoms with van der Waals surface area (Å²) in [5.41, 5.74) is 2.19. The second kappa shape index (κ2) is 5.21. The Kier molecular flexibility index (Phi) is 4.36. The van der Waals surface area contributed by atoms with Crippen LogP contribution in [-0.4, -0.2) is 5.91 Å². The number of carbonyl (C=O) groups excluding carboxylic acids is 1. The maximum Gasteiger partial charge on any atom is 0.226 e. The molecule has 0 bridgehead atoms. The van der Waals surface area contributed by atoms with Gasteiger partial charge in [-0.05, 0) is 39.0 Å². The fourth-order valence-corrected chi connectivity index (χ4v) is 1.84. The summed E-state index contributed by atoms with van der Waals surface area (Å²) in [6.45, 7) is 10.3. The third-order valence-corrected chi connectivity index (χ3v) is 3.27. The molecule has 2 nitrogen and oxygen atoms in total. The second-order valence-electron chi connectivity index (χ2n) is 5.59. The molecule has 0 heterocycles. The summed E-state index contributed by atoms with van der Waals surface area (Å²) in [6, 6.07) is 6.07. The van der Waals surface area contributed by atoms with Crippen molar-refractivity contribution >= 4 is 27.5 Å². The molecular weight excluding hydrogens is 278 g/mol. The second-order valence-corrected chi connectivity index (χ2v) is 6.44. The number of rotatable bonds is 2. The first-order chi connectivity index (χ1) is 7.71. The van der Waals surface area contributed by atoms with Crippen LogP contribution in [0.1, 0.15) is 40.2 Å². The van der Waals surface area contributed by atoms with Crippen molar-refractivity contribution in [3.8, 4) is 0 Å². The Hall–Kier alpha value is -0.830. The fourth-order valence-electron chi connectivity index (χ4n) is 1.36. The molecule has 1 aromatic rings. The van der Waals surface area contributed by atoms with Gasteiger partial charge in [0.15, 0.2) is 0 Å². The molecule has 0 unspecified atom stereocenters. The molecule has 0 saturated carbocycles. The normalized spacial score (nSPS) is 11.7. The Morgan fingerprint density at radius 2 is 1.88 bits per heavy atom. The van der Waals surface area contributed by atoms with Gasteiger partial charge in [0.1, 0.15) is 0 Å². The zero-order valence-corrected chi connectivity index (χ0v) is 12.7. The molecule has 1 amide bonds. The molecule has 0 aliphatic rings. The zero-order valence-electron chi connectivity index (χ0n) is 11.1. The molecule has 0 fully saturated rings. The number of amides is 1. The van der Waals surface area contributed by atoms with E-state index in [1.807, 2.05) is 19.9 Å². The highest BCUT2D eigenvalue weighted by Gasteiger charge is 2.16. The van der Waals surface area contributed by atoms with Crippen LogP contribution in [0.5, 0.6) is 0 Å². The number of anilines is 1. The van der Waals surface area contributed by atoms with Gasteiger partial charge in [-0.2, -0.15) is 0 Å². The van der Waals surface area contributed by atoms with E-state index in [1.54, 1.807) is 0 Å². The van der Waals surface area contributed by atoms with Crippen molar-refractivity contribution in [1.82, 2.24) is 0 Å². The van der Waals surface area contributed by atoms with Gasteiger partial charge in [-0.3, -0.25) is 4.79 Å². The van der Waals surface area contributed by atoms with Gasteiger partial charge in [0.05, 0.1) is 5.69 Å². The van der Waals surface area contributed by atoms with E-state index in [0.29, 0.717) is 0 Å². The van der Waals surface area contributed by atoms with Crippen LogP contribution in [0, 0.1) is 5.92 Å². The van der Waals surface area contributed by atoms with E-state index in [4.69, 9.17) is 0 Å². The lowest BCUT2D eigenvalue weighted by Gasteiger charge is -2.20. The van der Waals surface area contributed by atoms with Crippen LogP contribution in [0.25, 0.3) is 0 Å². The van der Waals surface area contributed by atoms with Crippen molar-refractivity contribution in [2.75, 3.05) is 5.32 Å². The number of benzene rings is 1. The molecule has 0 aromatic heterocycles. The van der Waals surface area contributed by atoms with E-state index in [-0.39, 0.29) is 17.2 Å². The van der Waals surface area contributed by atoms with Crippen molar-refractivity contribution in [1.29, 1.82) is 0 Å². The summed E-state index contributed by atoms with van der Waals surface area (Å²) in [4.78, 5) is 11.6. The number of nitrogens with one attached hydrogen (secondary N) is 1. The highest BCUT2D eigenvalue weighted by atomic mass is 79.9. The van der Waals surface area contributed by atoms with Crippen molar-refractivity contribution in [3.63, 3.8) is 0 Å². The van der Waals surface area contributed by atoms with E-state index < -0.39 is 0 Å². The molecule has 0 aliphatic heterocycles. The van der Waals surface area contributed by atoms with Crippen molar-refractivity contribution < 1.29 is 4.79 Å². The van der Waals surface area contributed by atoms with Crippen LogP contribution in [0.2, 0.25) is 0 Å². The van der Waals surface area contributed by atoms with Crippen molar-refractivity contribution in [2.45, 2.75) is 40.0 Å². The molecule has 0 radical (unpaired) electrons. The lowest BCUT2D eigenvalue weighted by molar-refractivity contribution is -0.118. The van der Waals surface area contributed by atoms with Crippen LogP contribution in [0.15, 0.2) is 22.7 Å². The summed E-state index contributed by atoms with van der Waals surface area (Å²) in [5, 5.41) is 2.90. The Balaban J connectivity index is 2.95. The number of hydrogen-bond donors (Lipinski definition) is 1. The Bertz CT molecular complexity index is 419. The van der Waals surface area contributed by atoms with Gasteiger partial charge >= 0.3 is 0 Å². The largest absolute Gasteiger partial charge is 0.325 e. The minimum Gasteiger partial charge on any atom is -0.325 e. The first kappa shape index (κ1) is 14.2. The number of halogens is 1.